The van der Waals surface area contributed by atoms with E-state index in [1.54, 1.807) is 12.0 Å². The van der Waals surface area contributed by atoms with Crippen molar-refractivity contribution in [3.63, 3.8) is 0 Å². The molecule has 24 heavy (non-hydrogen) atoms. The van der Waals surface area contributed by atoms with Gasteiger partial charge < -0.3 is 15.4 Å². The first-order valence-corrected chi connectivity index (χ1v) is 8.21. The molecule has 0 heterocycles. The maximum absolute atomic E-state index is 12.5. The van der Waals surface area contributed by atoms with E-state index in [0.717, 1.165) is 23.3 Å². The summed E-state index contributed by atoms with van der Waals surface area (Å²) in [5.74, 6) is 0.903. The van der Waals surface area contributed by atoms with Gasteiger partial charge in [0.2, 0.25) is 5.91 Å². The zero-order valence-electron chi connectivity index (χ0n) is 14.6. The minimum Gasteiger partial charge on any atom is -0.496 e. The molecule has 4 heteroatoms. The molecule has 2 N–H and O–H groups in total. The Kier molecular flexibility index (Phi) is 6.38. The Hall–Kier alpha value is -2.33. The van der Waals surface area contributed by atoms with Crippen LogP contribution < -0.4 is 10.5 Å². The summed E-state index contributed by atoms with van der Waals surface area (Å²) >= 11 is 0. The van der Waals surface area contributed by atoms with E-state index in [0.29, 0.717) is 6.42 Å². The van der Waals surface area contributed by atoms with Crippen LogP contribution in [-0.4, -0.2) is 31.0 Å². The lowest BCUT2D eigenvalue weighted by Gasteiger charge is -2.27. The lowest BCUT2D eigenvalue weighted by atomic mass is 10.0. The van der Waals surface area contributed by atoms with Crippen molar-refractivity contribution < 1.29 is 9.53 Å². The maximum atomic E-state index is 12.5. The van der Waals surface area contributed by atoms with Crippen molar-refractivity contribution in [2.24, 2.45) is 5.73 Å². The number of benzene rings is 2. The number of nitrogens with two attached hydrogens (primary N) is 1. The first-order chi connectivity index (χ1) is 11.5. The summed E-state index contributed by atoms with van der Waals surface area (Å²) < 4.78 is 5.39. The van der Waals surface area contributed by atoms with Gasteiger partial charge in [-0.05, 0) is 30.5 Å². The molecule has 0 bridgehead atoms. The van der Waals surface area contributed by atoms with Gasteiger partial charge in [-0.15, -0.1) is 0 Å². The molecule has 2 unspecified atom stereocenters. The summed E-state index contributed by atoms with van der Waals surface area (Å²) in [7, 11) is 3.50. The molecule has 0 aliphatic rings. The van der Waals surface area contributed by atoms with Gasteiger partial charge in [0.25, 0.3) is 0 Å². The minimum atomic E-state index is -0.278. The third kappa shape index (κ3) is 4.59. The highest BCUT2D eigenvalue weighted by molar-refractivity contribution is 5.77. The van der Waals surface area contributed by atoms with Crippen molar-refractivity contribution in [1.29, 1.82) is 0 Å². The quantitative estimate of drug-likeness (QED) is 0.850. The van der Waals surface area contributed by atoms with Gasteiger partial charge in [-0.2, -0.15) is 0 Å². The summed E-state index contributed by atoms with van der Waals surface area (Å²) in [6.45, 7) is 2.04. The van der Waals surface area contributed by atoms with E-state index < -0.39 is 0 Å². The molecule has 1 amide bonds. The van der Waals surface area contributed by atoms with Gasteiger partial charge in [-0.1, -0.05) is 48.5 Å². The number of ether oxygens (including phenoxy) is 1. The molecule has 2 aromatic carbocycles. The summed E-state index contributed by atoms with van der Waals surface area (Å²) in [5, 5.41) is 0. The van der Waals surface area contributed by atoms with Crippen molar-refractivity contribution in [3.05, 3.63) is 65.7 Å². The Morgan fingerprint density at radius 3 is 2.42 bits per heavy atom. The second-order valence-corrected chi connectivity index (χ2v) is 6.09. The molecule has 128 valence electrons. The van der Waals surface area contributed by atoms with Crippen molar-refractivity contribution >= 4 is 5.91 Å². The second-order valence-electron chi connectivity index (χ2n) is 6.09. The van der Waals surface area contributed by atoms with Crippen LogP contribution in [0, 0.1) is 0 Å². The molecule has 0 fully saturated rings. The third-order valence-electron chi connectivity index (χ3n) is 4.38. The molecule has 0 saturated carbocycles. The van der Waals surface area contributed by atoms with Gasteiger partial charge >= 0.3 is 0 Å². The SMILES string of the molecule is COc1ccccc1CC(C)N(C)C(=O)CC(N)c1ccccc1. The first kappa shape index (κ1) is 18.0. The molecule has 0 radical (unpaired) electrons. The van der Waals surface area contributed by atoms with Crippen molar-refractivity contribution in [1.82, 2.24) is 4.90 Å². The van der Waals surface area contributed by atoms with Crippen LogP contribution in [0.1, 0.15) is 30.5 Å². The molecule has 0 aliphatic heterocycles. The molecule has 0 spiro atoms. The lowest BCUT2D eigenvalue weighted by Crippen LogP contribution is -2.38. The number of hydrogen-bond donors (Lipinski definition) is 1. The first-order valence-electron chi connectivity index (χ1n) is 8.21. The molecule has 2 atom stereocenters. The monoisotopic (exact) mass is 326 g/mol. The van der Waals surface area contributed by atoms with Crippen LogP contribution in [-0.2, 0) is 11.2 Å². The van der Waals surface area contributed by atoms with Crippen LogP contribution in [0.2, 0.25) is 0 Å². The Balaban J connectivity index is 1.97. The average molecular weight is 326 g/mol. The number of carbonyl (C=O) groups excluding carboxylic acids is 1. The number of amides is 1. The van der Waals surface area contributed by atoms with Gasteiger partial charge in [-0.3, -0.25) is 4.79 Å². The highest BCUT2D eigenvalue weighted by Crippen LogP contribution is 2.21. The van der Waals surface area contributed by atoms with E-state index in [9.17, 15) is 4.79 Å². The standard InChI is InChI=1S/C20H26N2O2/c1-15(13-17-11-7-8-12-19(17)24-3)22(2)20(23)14-18(21)16-9-5-4-6-10-16/h4-12,15,18H,13-14,21H2,1-3H3. The summed E-state index contributed by atoms with van der Waals surface area (Å²) in [4.78, 5) is 14.3. The Morgan fingerprint density at radius 1 is 1.12 bits per heavy atom. The normalized spacial score (nSPS) is 13.2. The van der Waals surface area contributed by atoms with E-state index in [-0.39, 0.29) is 18.0 Å². The number of para-hydroxylation sites is 1. The van der Waals surface area contributed by atoms with Gasteiger partial charge in [0, 0.05) is 25.6 Å². The zero-order chi connectivity index (χ0) is 17.5. The maximum Gasteiger partial charge on any atom is 0.224 e. The largest absolute Gasteiger partial charge is 0.496 e. The summed E-state index contributed by atoms with van der Waals surface area (Å²) in [5.41, 5.74) is 8.24. The fraction of sp³-hybridized carbons (Fsp3) is 0.350. The fourth-order valence-corrected chi connectivity index (χ4v) is 2.72. The Morgan fingerprint density at radius 2 is 1.75 bits per heavy atom. The Labute approximate surface area is 144 Å². The van der Waals surface area contributed by atoms with Crippen LogP contribution >= 0.6 is 0 Å². The number of nitrogens with zero attached hydrogens (tertiary/aromatic N) is 1. The number of methoxy groups -OCH3 is 1. The van der Waals surface area contributed by atoms with Crippen LogP contribution in [0.3, 0.4) is 0 Å². The average Bonchev–Trinajstić information content (AvgIpc) is 2.62. The van der Waals surface area contributed by atoms with E-state index in [1.807, 2.05) is 68.6 Å². The molecule has 0 saturated heterocycles. The number of likely N-dealkylation sites (N-methyl/N-ethyl adjacent to an activating group) is 1. The minimum absolute atomic E-state index is 0.0498. The topological polar surface area (TPSA) is 55.6 Å². The van der Waals surface area contributed by atoms with Crippen molar-refractivity contribution in [3.8, 4) is 5.75 Å². The van der Waals surface area contributed by atoms with Crippen LogP contribution in [0.25, 0.3) is 0 Å². The third-order valence-corrected chi connectivity index (χ3v) is 4.38. The predicted octanol–water partition coefficient (Wildman–Crippen LogP) is 3.17. The summed E-state index contributed by atoms with van der Waals surface area (Å²) in [6.07, 6.45) is 1.05. The molecule has 4 nitrogen and oxygen atoms in total. The molecular formula is C20H26N2O2. The predicted molar refractivity (Wildman–Crippen MR) is 96.9 cm³/mol. The van der Waals surface area contributed by atoms with Crippen molar-refractivity contribution in [2.45, 2.75) is 31.8 Å². The lowest BCUT2D eigenvalue weighted by molar-refractivity contribution is -0.132. The molecule has 0 aliphatic carbocycles. The van der Waals surface area contributed by atoms with Crippen molar-refractivity contribution in [2.75, 3.05) is 14.2 Å². The molecular weight excluding hydrogens is 300 g/mol. The van der Waals surface area contributed by atoms with Gasteiger partial charge in [0.15, 0.2) is 0 Å². The molecule has 0 aromatic heterocycles. The molecule has 2 aromatic rings. The second kappa shape index (κ2) is 8.50. The van der Waals surface area contributed by atoms with Gasteiger partial charge in [-0.25, -0.2) is 0 Å². The zero-order valence-corrected chi connectivity index (χ0v) is 14.6. The highest BCUT2D eigenvalue weighted by atomic mass is 16.5. The van der Waals surface area contributed by atoms with Crippen LogP contribution in [0.15, 0.2) is 54.6 Å². The van der Waals surface area contributed by atoms with E-state index in [4.69, 9.17) is 10.5 Å². The highest BCUT2D eigenvalue weighted by Gasteiger charge is 2.20. The van der Waals surface area contributed by atoms with Crippen LogP contribution in [0.5, 0.6) is 5.75 Å². The fourth-order valence-electron chi connectivity index (χ4n) is 2.72. The Bertz CT molecular complexity index is 658. The molecule has 2 rings (SSSR count). The van der Waals surface area contributed by atoms with E-state index in [2.05, 4.69) is 0 Å². The summed E-state index contributed by atoms with van der Waals surface area (Å²) in [6, 6.07) is 17.4. The number of carbonyl (C=O) groups is 1. The number of rotatable bonds is 7. The van der Waals surface area contributed by atoms with E-state index >= 15 is 0 Å². The van der Waals surface area contributed by atoms with Gasteiger partial charge in [0.05, 0.1) is 7.11 Å². The van der Waals surface area contributed by atoms with Gasteiger partial charge in [0.1, 0.15) is 5.75 Å². The van der Waals surface area contributed by atoms with Crippen LogP contribution in [0.4, 0.5) is 0 Å². The smallest absolute Gasteiger partial charge is 0.224 e. The number of hydrogen-bond acceptors (Lipinski definition) is 3. The van der Waals surface area contributed by atoms with E-state index in [1.165, 1.54) is 0 Å².